The van der Waals surface area contributed by atoms with Gasteiger partial charge in [-0.3, -0.25) is 0 Å². The molecule has 4 heteroatoms. The van der Waals surface area contributed by atoms with E-state index in [1.807, 2.05) is 24.3 Å². The Labute approximate surface area is 99.6 Å². The molecule has 0 fully saturated rings. The van der Waals surface area contributed by atoms with Crippen molar-refractivity contribution in [3.63, 3.8) is 0 Å². The van der Waals surface area contributed by atoms with Gasteiger partial charge in [-0.05, 0) is 30.7 Å². The average Bonchev–Trinajstić information content (AvgIpc) is 2.25. The van der Waals surface area contributed by atoms with E-state index >= 15 is 0 Å². The fourth-order valence-electron chi connectivity index (χ4n) is 1.67. The van der Waals surface area contributed by atoms with Gasteiger partial charge in [-0.1, -0.05) is 17.7 Å². The van der Waals surface area contributed by atoms with Crippen molar-refractivity contribution in [2.45, 2.75) is 6.92 Å². The van der Waals surface area contributed by atoms with Gasteiger partial charge in [0.15, 0.2) is 0 Å². The Kier molecular flexibility index (Phi) is 3.27. The maximum Gasteiger partial charge on any atom is 0.126 e. The van der Waals surface area contributed by atoms with Crippen molar-refractivity contribution in [2.24, 2.45) is 5.73 Å². The highest BCUT2D eigenvalue weighted by atomic mass is 35.5. The lowest BCUT2D eigenvalue weighted by Crippen LogP contribution is -2.13. The van der Waals surface area contributed by atoms with Crippen molar-refractivity contribution in [3.05, 3.63) is 34.9 Å². The summed E-state index contributed by atoms with van der Waals surface area (Å²) in [5, 5.41) is 5.00. The standard InChI is InChI=1S/C12H14ClN3/c1-8-6-12(15-5-4-14)16-11-7-9(13)2-3-10(8)11/h2-3,6-7H,4-5,14H2,1H3,(H,15,16). The molecule has 0 aliphatic carbocycles. The van der Waals surface area contributed by atoms with Crippen LogP contribution in [0.25, 0.3) is 10.9 Å². The summed E-state index contributed by atoms with van der Waals surface area (Å²) in [6, 6.07) is 7.77. The molecule has 0 unspecified atom stereocenters. The largest absolute Gasteiger partial charge is 0.369 e. The van der Waals surface area contributed by atoms with Crippen molar-refractivity contribution in [1.29, 1.82) is 0 Å². The van der Waals surface area contributed by atoms with Gasteiger partial charge >= 0.3 is 0 Å². The molecule has 2 rings (SSSR count). The lowest BCUT2D eigenvalue weighted by Gasteiger charge is -2.08. The van der Waals surface area contributed by atoms with E-state index in [1.54, 1.807) is 0 Å². The summed E-state index contributed by atoms with van der Waals surface area (Å²) in [6.45, 7) is 3.37. The average molecular weight is 236 g/mol. The zero-order valence-electron chi connectivity index (χ0n) is 9.13. The fraction of sp³-hybridized carbons (Fsp3) is 0.250. The first-order valence-electron chi connectivity index (χ1n) is 5.21. The van der Waals surface area contributed by atoms with Crippen LogP contribution in [0.4, 0.5) is 5.82 Å². The second-order valence-electron chi connectivity index (χ2n) is 3.70. The topological polar surface area (TPSA) is 50.9 Å². The number of hydrogen-bond donors (Lipinski definition) is 2. The molecule has 0 aliphatic heterocycles. The van der Waals surface area contributed by atoms with Crippen molar-refractivity contribution in [1.82, 2.24) is 4.98 Å². The second kappa shape index (κ2) is 4.68. The highest BCUT2D eigenvalue weighted by molar-refractivity contribution is 6.31. The van der Waals surface area contributed by atoms with Crippen molar-refractivity contribution < 1.29 is 0 Å². The highest BCUT2D eigenvalue weighted by Gasteiger charge is 2.02. The van der Waals surface area contributed by atoms with E-state index in [9.17, 15) is 0 Å². The molecule has 0 bridgehead atoms. The van der Waals surface area contributed by atoms with Crippen LogP contribution in [0.2, 0.25) is 5.02 Å². The van der Waals surface area contributed by atoms with Gasteiger partial charge in [0.2, 0.25) is 0 Å². The molecule has 0 atom stereocenters. The van der Waals surface area contributed by atoms with Crippen LogP contribution in [0.3, 0.4) is 0 Å². The molecule has 0 saturated heterocycles. The van der Waals surface area contributed by atoms with Gasteiger partial charge in [0.1, 0.15) is 5.82 Å². The van der Waals surface area contributed by atoms with E-state index < -0.39 is 0 Å². The van der Waals surface area contributed by atoms with Gasteiger partial charge in [0.25, 0.3) is 0 Å². The van der Waals surface area contributed by atoms with Gasteiger partial charge in [0, 0.05) is 23.5 Å². The Morgan fingerprint density at radius 3 is 2.94 bits per heavy atom. The molecule has 84 valence electrons. The van der Waals surface area contributed by atoms with Crippen LogP contribution in [0.5, 0.6) is 0 Å². The van der Waals surface area contributed by atoms with Crippen LogP contribution >= 0.6 is 11.6 Å². The van der Waals surface area contributed by atoms with Gasteiger partial charge in [-0.25, -0.2) is 4.98 Å². The minimum absolute atomic E-state index is 0.592. The number of halogens is 1. The number of pyridine rings is 1. The van der Waals surface area contributed by atoms with Crippen LogP contribution in [-0.4, -0.2) is 18.1 Å². The zero-order valence-corrected chi connectivity index (χ0v) is 9.88. The minimum atomic E-state index is 0.592. The third kappa shape index (κ3) is 2.26. The molecule has 0 spiro atoms. The van der Waals surface area contributed by atoms with E-state index in [4.69, 9.17) is 17.3 Å². The van der Waals surface area contributed by atoms with E-state index in [0.717, 1.165) is 23.3 Å². The molecular weight excluding hydrogens is 222 g/mol. The SMILES string of the molecule is Cc1cc(NCCN)nc2cc(Cl)ccc12. The lowest BCUT2D eigenvalue weighted by molar-refractivity contribution is 1.01. The maximum absolute atomic E-state index is 5.95. The summed E-state index contributed by atoms with van der Waals surface area (Å²) in [5.74, 6) is 0.845. The molecular formula is C12H14ClN3. The van der Waals surface area contributed by atoms with E-state index in [0.29, 0.717) is 11.6 Å². The van der Waals surface area contributed by atoms with E-state index in [1.165, 1.54) is 5.56 Å². The molecule has 16 heavy (non-hydrogen) atoms. The van der Waals surface area contributed by atoms with Crippen molar-refractivity contribution >= 4 is 28.3 Å². The van der Waals surface area contributed by atoms with Crippen molar-refractivity contribution in [3.8, 4) is 0 Å². The number of nitrogens with zero attached hydrogens (tertiary/aromatic N) is 1. The monoisotopic (exact) mass is 235 g/mol. The van der Waals surface area contributed by atoms with Gasteiger partial charge in [-0.2, -0.15) is 0 Å². The fourth-order valence-corrected chi connectivity index (χ4v) is 1.83. The molecule has 3 nitrogen and oxygen atoms in total. The Hall–Kier alpha value is -1.32. The van der Waals surface area contributed by atoms with E-state index in [2.05, 4.69) is 17.2 Å². The van der Waals surface area contributed by atoms with E-state index in [-0.39, 0.29) is 0 Å². The summed E-state index contributed by atoms with van der Waals surface area (Å²) in [4.78, 5) is 4.48. The number of fused-ring (bicyclic) bond motifs is 1. The molecule has 3 N–H and O–H groups in total. The van der Waals surface area contributed by atoms with Gasteiger partial charge in [-0.15, -0.1) is 0 Å². The minimum Gasteiger partial charge on any atom is -0.369 e. The molecule has 0 amide bonds. The Bertz CT molecular complexity index is 511. The van der Waals surface area contributed by atoms with Gasteiger partial charge < -0.3 is 11.1 Å². The van der Waals surface area contributed by atoms with Crippen molar-refractivity contribution in [2.75, 3.05) is 18.4 Å². The number of benzene rings is 1. The lowest BCUT2D eigenvalue weighted by atomic mass is 10.1. The number of nitrogens with two attached hydrogens (primary N) is 1. The third-order valence-electron chi connectivity index (χ3n) is 2.43. The number of anilines is 1. The predicted molar refractivity (Wildman–Crippen MR) is 69.0 cm³/mol. The second-order valence-corrected chi connectivity index (χ2v) is 4.14. The third-order valence-corrected chi connectivity index (χ3v) is 2.66. The van der Waals surface area contributed by atoms with Gasteiger partial charge in [0.05, 0.1) is 5.52 Å². The maximum atomic E-state index is 5.95. The van der Waals surface area contributed by atoms with Crippen LogP contribution in [0.1, 0.15) is 5.56 Å². The smallest absolute Gasteiger partial charge is 0.126 e. The van der Waals surface area contributed by atoms with Crippen LogP contribution in [0.15, 0.2) is 24.3 Å². The molecule has 0 saturated carbocycles. The number of aromatic nitrogens is 1. The predicted octanol–water partition coefficient (Wildman–Crippen LogP) is 2.57. The normalized spacial score (nSPS) is 10.7. The number of hydrogen-bond acceptors (Lipinski definition) is 3. The molecule has 2 aromatic rings. The molecule has 1 heterocycles. The Morgan fingerprint density at radius 1 is 1.38 bits per heavy atom. The number of aryl methyl sites for hydroxylation is 1. The summed E-state index contributed by atoms with van der Waals surface area (Å²) < 4.78 is 0. The number of nitrogens with one attached hydrogen (secondary N) is 1. The first-order chi connectivity index (χ1) is 7.70. The molecule has 0 aliphatic rings. The summed E-state index contributed by atoms with van der Waals surface area (Å²) in [5.41, 5.74) is 7.53. The summed E-state index contributed by atoms with van der Waals surface area (Å²) >= 11 is 5.95. The van der Waals surface area contributed by atoms with Crippen LogP contribution in [-0.2, 0) is 0 Å². The highest BCUT2D eigenvalue weighted by Crippen LogP contribution is 2.23. The first kappa shape index (κ1) is 11.2. The Balaban J connectivity index is 2.47. The molecule has 0 radical (unpaired) electrons. The number of rotatable bonds is 3. The molecule has 1 aromatic heterocycles. The van der Waals surface area contributed by atoms with Crippen LogP contribution < -0.4 is 11.1 Å². The molecule has 1 aromatic carbocycles. The quantitative estimate of drug-likeness (QED) is 0.860. The summed E-state index contributed by atoms with van der Waals surface area (Å²) in [7, 11) is 0. The summed E-state index contributed by atoms with van der Waals surface area (Å²) in [6.07, 6.45) is 0. The van der Waals surface area contributed by atoms with Crippen LogP contribution in [0, 0.1) is 6.92 Å². The Morgan fingerprint density at radius 2 is 2.19 bits per heavy atom. The first-order valence-corrected chi connectivity index (χ1v) is 5.59. The zero-order chi connectivity index (χ0) is 11.5.